The minimum atomic E-state index is -0.276. The molecule has 3 N–H and O–H groups in total. The molecule has 2 aromatic heterocycles. The SMILES string of the molecule is C=CC(=O)Nc1cc(N)c(OC)cc1N(C)CCN(C)C.c1ccc2c(c1)c(-c1ccncn1)c1n2CCOC1. The number of nitrogens with zero attached hydrogens (tertiary/aromatic N) is 5. The largest absolute Gasteiger partial charge is 0.495 e. The summed E-state index contributed by atoms with van der Waals surface area (Å²) in [7, 11) is 7.55. The predicted molar refractivity (Wildman–Crippen MR) is 161 cm³/mol. The molecule has 0 fully saturated rings. The maximum absolute atomic E-state index is 11.6. The van der Waals surface area contributed by atoms with E-state index in [1.54, 1.807) is 25.7 Å². The zero-order valence-corrected chi connectivity index (χ0v) is 23.6. The Morgan fingerprint density at radius 2 is 2.02 bits per heavy atom. The van der Waals surface area contributed by atoms with Crippen LogP contribution in [0.4, 0.5) is 17.1 Å². The highest BCUT2D eigenvalue weighted by Crippen LogP contribution is 2.36. The van der Waals surface area contributed by atoms with Crippen molar-refractivity contribution in [3.8, 4) is 17.0 Å². The molecule has 0 saturated carbocycles. The second-order valence-electron chi connectivity index (χ2n) is 9.67. The maximum atomic E-state index is 11.6. The summed E-state index contributed by atoms with van der Waals surface area (Å²) in [5, 5.41) is 4.01. The molecule has 10 heteroatoms. The van der Waals surface area contributed by atoms with E-state index in [2.05, 4.69) is 55.6 Å². The number of rotatable bonds is 8. The molecule has 10 nitrogen and oxygen atoms in total. The van der Waals surface area contributed by atoms with E-state index in [0.717, 1.165) is 37.6 Å². The number of hydrogen-bond acceptors (Lipinski definition) is 8. The monoisotopic (exact) mass is 543 g/mol. The number of carbonyl (C=O) groups excluding carboxylic acids is 1. The number of amides is 1. The van der Waals surface area contributed by atoms with Gasteiger partial charge in [-0.15, -0.1) is 0 Å². The molecule has 0 spiro atoms. The maximum Gasteiger partial charge on any atom is 0.247 e. The Labute approximate surface area is 235 Å². The van der Waals surface area contributed by atoms with Crippen molar-refractivity contribution in [2.75, 3.05) is 63.9 Å². The molecule has 2 aromatic carbocycles. The number of methoxy groups -OCH3 is 1. The fraction of sp³-hybridized carbons (Fsp3) is 0.300. The van der Waals surface area contributed by atoms with Crippen molar-refractivity contribution in [2.45, 2.75) is 13.2 Å². The average molecular weight is 544 g/mol. The Hall–Kier alpha value is -4.41. The lowest BCUT2D eigenvalue weighted by Crippen LogP contribution is -2.29. The molecule has 0 saturated heterocycles. The number of benzene rings is 2. The number of aromatic nitrogens is 3. The van der Waals surface area contributed by atoms with Crippen molar-refractivity contribution in [3.05, 3.63) is 73.3 Å². The molecular weight excluding hydrogens is 506 g/mol. The first kappa shape index (κ1) is 28.6. The molecule has 1 aliphatic heterocycles. The van der Waals surface area contributed by atoms with Gasteiger partial charge in [0.25, 0.3) is 0 Å². The third kappa shape index (κ3) is 6.41. The fourth-order valence-corrected chi connectivity index (χ4v) is 4.64. The first-order valence-corrected chi connectivity index (χ1v) is 13.0. The summed E-state index contributed by atoms with van der Waals surface area (Å²) >= 11 is 0. The summed E-state index contributed by atoms with van der Waals surface area (Å²) in [6.45, 7) is 7.47. The van der Waals surface area contributed by atoms with Gasteiger partial charge >= 0.3 is 0 Å². The lowest BCUT2D eigenvalue weighted by atomic mass is 10.1. The number of carbonyl (C=O) groups is 1. The zero-order chi connectivity index (χ0) is 28.6. The van der Waals surface area contributed by atoms with Crippen LogP contribution < -0.4 is 20.7 Å². The Morgan fingerprint density at radius 3 is 2.73 bits per heavy atom. The lowest BCUT2D eigenvalue weighted by Gasteiger charge is -2.25. The van der Waals surface area contributed by atoms with E-state index in [1.165, 1.54) is 28.2 Å². The number of nitrogens with two attached hydrogens (primary N) is 1. The highest BCUT2D eigenvalue weighted by molar-refractivity contribution is 6.02. The Balaban J connectivity index is 0.000000185. The van der Waals surface area contributed by atoms with Crippen LogP contribution in [-0.2, 0) is 22.7 Å². The topological polar surface area (TPSA) is 111 Å². The quantitative estimate of drug-likeness (QED) is 0.253. The van der Waals surface area contributed by atoms with Gasteiger partial charge in [0.1, 0.15) is 12.1 Å². The van der Waals surface area contributed by atoms with Crippen LogP contribution in [0.25, 0.3) is 22.2 Å². The zero-order valence-electron chi connectivity index (χ0n) is 23.6. The molecule has 5 rings (SSSR count). The first-order chi connectivity index (χ1) is 19.3. The Morgan fingerprint density at radius 1 is 1.23 bits per heavy atom. The standard InChI is InChI=1S/C15H24N4O2.C15H13N3O/c1-6-15(20)17-12-9-11(16)14(21-5)10-13(12)19(4)8-7-18(2)3;1-2-4-13-11(3-1)15(12-5-6-16-10-17-12)14-9-19-8-7-18(13)14/h6,9-10H,1,7-8,16H2,2-5H3,(H,17,20);1-6,10H,7-9H2. The molecule has 0 radical (unpaired) electrons. The van der Waals surface area contributed by atoms with Crippen molar-refractivity contribution in [2.24, 2.45) is 0 Å². The molecule has 40 heavy (non-hydrogen) atoms. The van der Waals surface area contributed by atoms with E-state index < -0.39 is 0 Å². The van der Waals surface area contributed by atoms with Gasteiger partial charge in [-0.3, -0.25) is 4.79 Å². The van der Waals surface area contributed by atoms with Gasteiger partial charge in [0.05, 0.1) is 48.8 Å². The average Bonchev–Trinajstić information content (AvgIpc) is 3.31. The van der Waals surface area contributed by atoms with Crippen LogP contribution in [-0.4, -0.2) is 73.3 Å². The minimum absolute atomic E-state index is 0.276. The van der Waals surface area contributed by atoms with Gasteiger partial charge in [0, 0.05) is 55.4 Å². The summed E-state index contributed by atoms with van der Waals surface area (Å²) in [6, 6.07) is 13.9. The van der Waals surface area contributed by atoms with E-state index in [1.807, 2.05) is 38.2 Å². The number of ether oxygens (including phenoxy) is 2. The molecule has 4 aromatic rings. The molecule has 1 amide bonds. The number of para-hydroxylation sites is 1. The third-order valence-corrected chi connectivity index (χ3v) is 6.70. The van der Waals surface area contributed by atoms with Gasteiger partial charge in [-0.05, 0) is 38.4 Å². The number of fused-ring (bicyclic) bond motifs is 3. The summed E-state index contributed by atoms with van der Waals surface area (Å²) < 4.78 is 13.2. The first-order valence-electron chi connectivity index (χ1n) is 13.0. The molecule has 0 unspecified atom stereocenters. The third-order valence-electron chi connectivity index (χ3n) is 6.70. The summed E-state index contributed by atoms with van der Waals surface area (Å²) in [5.41, 5.74) is 12.5. The lowest BCUT2D eigenvalue weighted by molar-refractivity contribution is -0.111. The van der Waals surface area contributed by atoms with Gasteiger partial charge in [-0.2, -0.15) is 0 Å². The summed E-state index contributed by atoms with van der Waals surface area (Å²) in [5.74, 6) is 0.306. The van der Waals surface area contributed by atoms with Crippen molar-refractivity contribution in [1.29, 1.82) is 0 Å². The van der Waals surface area contributed by atoms with Gasteiger partial charge in [-0.25, -0.2) is 9.97 Å². The Bertz CT molecular complexity index is 1470. The number of likely N-dealkylation sites (N-methyl/N-ethyl adjacent to an activating group) is 2. The van der Waals surface area contributed by atoms with Crippen molar-refractivity contribution in [1.82, 2.24) is 19.4 Å². The van der Waals surface area contributed by atoms with E-state index in [4.69, 9.17) is 15.2 Å². The Kier molecular flexibility index (Phi) is 9.36. The summed E-state index contributed by atoms with van der Waals surface area (Å²) in [4.78, 5) is 24.1. The van der Waals surface area contributed by atoms with Gasteiger partial charge in [-0.1, -0.05) is 24.8 Å². The molecule has 0 atom stereocenters. The van der Waals surface area contributed by atoms with Crippen LogP contribution in [0.1, 0.15) is 5.69 Å². The molecular formula is C30H37N7O3. The van der Waals surface area contributed by atoms with Crippen molar-refractivity contribution >= 4 is 33.9 Å². The minimum Gasteiger partial charge on any atom is -0.495 e. The van der Waals surface area contributed by atoms with Crippen LogP contribution >= 0.6 is 0 Å². The molecule has 1 aliphatic rings. The van der Waals surface area contributed by atoms with Crippen LogP contribution in [0.2, 0.25) is 0 Å². The highest BCUT2D eigenvalue weighted by Gasteiger charge is 2.21. The summed E-state index contributed by atoms with van der Waals surface area (Å²) in [6.07, 6.45) is 4.60. The number of nitrogens with one attached hydrogen (secondary N) is 1. The predicted octanol–water partition coefficient (Wildman–Crippen LogP) is 4.03. The van der Waals surface area contributed by atoms with Gasteiger partial charge in [0.2, 0.25) is 5.91 Å². The highest BCUT2D eigenvalue weighted by atomic mass is 16.5. The van der Waals surface area contributed by atoms with E-state index in [9.17, 15) is 4.79 Å². The van der Waals surface area contributed by atoms with Crippen LogP contribution in [0.3, 0.4) is 0 Å². The van der Waals surface area contributed by atoms with Gasteiger partial charge < -0.3 is 34.9 Å². The second kappa shape index (κ2) is 13.1. The van der Waals surface area contributed by atoms with Crippen molar-refractivity contribution < 1.29 is 14.3 Å². The molecule has 210 valence electrons. The number of hydrogen-bond donors (Lipinski definition) is 2. The normalized spacial score (nSPS) is 12.3. The van der Waals surface area contributed by atoms with Crippen LogP contribution in [0.15, 0.2) is 67.6 Å². The fourth-order valence-electron chi connectivity index (χ4n) is 4.64. The van der Waals surface area contributed by atoms with Crippen LogP contribution in [0, 0.1) is 0 Å². The number of nitrogen functional groups attached to an aromatic ring is 1. The molecule has 3 heterocycles. The van der Waals surface area contributed by atoms with Crippen molar-refractivity contribution in [3.63, 3.8) is 0 Å². The number of anilines is 3. The smallest absolute Gasteiger partial charge is 0.247 e. The van der Waals surface area contributed by atoms with E-state index in [0.29, 0.717) is 23.7 Å². The molecule has 0 aliphatic carbocycles. The van der Waals surface area contributed by atoms with Gasteiger partial charge in [0.15, 0.2) is 0 Å². The second-order valence-corrected chi connectivity index (χ2v) is 9.67. The molecule has 0 bridgehead atoms. The van der Waals surface area contributed by atoms with E-state index >= 15 is 0 Å². The van der Waals surface area contributed by atoms with E-state index in [-0.39, 0.29) is 5.91 Å². The van der Waals surface area contributed by atoms with Crippen LogP contribution in [0.5, 0.6) is 5.75 Å².